The number of nitrogens with one attached hydrogen (secondary N) is 1. The Bertz CT molecular complexity index is 869. The Hall–Kier alpha value is -2.38. The van der Waals surface area contributed by atoms with E-state index in [1.54, 1.807) is 24.3 Å². The van der Waals surface area contributed by atoms with E-state index in [0.29, 0.717) is 5.56 Å². The lowest BCUT2D eigenvalue weighted by Gasteiger charge is -2.27. The molecule has 0 saturated carbocycles. The van der Waals surface area contributed by atoms with Crippen LogP contribution in [0.4, 0.5) is 0 Å². The number of para-hydroxylation sites is 1. The molecular formula is C20H26N2O4S. The average molecular weight is 391 g/mol. The van der Waals surface area contributed by atoms with Gasteiger partial charge in [0.15, 0.2) is 0 Å². The molecule has 2 aromatic carbocycles. The Morgan fingerprint density at radius 3 is 2.30 bits per heavy atom. The van der Waals surface area contributed by atoms with Crippen LogP contribution in [0, 0.1) is 6.92 Å². The smallest absolute Gasteiger partial charge is 0.243 e. The van der Waals surface area contributed by atoms with Crippen molar-refractivity contribution in [2.45, 2.75) is 25.9 Å². The minimum atomic E-state index is -3.55. The van der Waals surface area contributed by atoms with Crippen molar-refractivity contribution in [1.29, 1.82) is 0 Å². The maximum atomic E-state index is 12.8. The van der Waals surface area contributed by atoms with Crippen LogP contribution in [-0.4, -0.2) is 44.6 Å². The van der Waals surface area contributed by atoms with Crippen molar-refractivity contribution < 1.29 is 17.9 Å². The quantitative estimate of drug-likeness (QED) is 0.751. The van der Waals surface area contributed by atoms with Crippen LogP contribution in [0.5, 0.6) is 5.75 Å². The molecule has 0 fully saturated rings. The second-order valence-corrected chi connectivity index (χ2v) is 8.62. The second-order valence-electron chi connectivity index (χ2n) is 6.58. The molecule has 0 aromatic heterocycles. The predicted molar refractivity (Wildman–Crippen MR) is 106 cm³/mol. The summed E-state index contributed by atoms with van der Waals surface area (Å²) in [7, 11) is -2.15. The molecule has 0 spiro atoms. The van der Waals surface area contributed by atoms with Gasteiger partial charge in [-0.2, -0.15) is 4.31 Å². The van der Waals surface area contributed by atoms with Crippen LogP contribution in [0.2, 0.25) is 0 Å². The molecule has 0 saturated heterocycles. The van der Waals surface area contributed by atoms with Crippen LogP contribution in [-0.2, 0) is 14.8 Å². The van der Waals surface area contributed by atoms with E-state index >= 15 is 0 Å². The Morgan fingerprint density at radius 2 is 1.70 bits per heavy atom. The van der Waals surface area contributed by atoms with Crippen LogP contribution >= 0.6 is 0 Å². The predicted octanol–water partition coefficient (Wildman–Crippen LogP) is 2.51. The second kappa shape index (κ2) is 9.01. The fraction of sp³-hybridized carbons (Fsp3) is 0.350. The van der Waals surface area contributed by atoms with Gasteiger partial charge >= 0.3 is 0 Å². The molecule has 27 heavy (non-hydrogen) atoms. The number of aryl methyl sites for hydroxylation is 1. The van der Waals surface area contributed by atoms with Gasteiger partial charge in [0.25, 0.3) is 0 Å². The first-order valence-electron chi connectivity index (χ1n) is 8.67. The van der Waals surface area contributed by atoms with Crippen molar-refractivity contribution in [3.05, 3.63) is 65.7 Å². The molecule has 6 nitrogen and oxygen atoms in total. The summed E-state index contributed by atoms with van der Waals surface area (Å²) in [5, 5.41) is 2.85. The van der Waals surface area contributed by atoms with Crippen LogP contribution in [0.25, 0.3) is 0 Å². The summed E-state index contributed by atoms with van der Waals surface area (Å²) in [4.78, 5) is 12.8. The van der Waals surface area contributed by atoms with Gasteiger partial charge in [0.2, 0.25) is 15.9 Å². The SMILES string of the molecule is Cc1ccccc1OC[C@@H](C)NC(=O)[C@H](c1ccccc1)N(C)S(C)(=O)=O. The molecule has 2 rings (SSSR count). The largest absolute Gasteiger partial charge is 0.491 e. The van der Waals surface area contributed by atoms with Crippen LogP contribution in [0.3, 0.4) is 0 Å². The normalized spacial score (nSPS) is 13.8. The van der Waals surface area contributed by atoms with Crippen LogP contribution in [0.15, 0.2) is 54.6 Å². The molecule has 7 heteroatoms. The molecule has 2 atom stereocenters. The molecule has 2 aromatic rings. The molecule has 0 heterocycles. The molecule has 0 radical (unpaired) electrons. The molecule has 1 N–H and O–H groups in total. The Labute approximate surface area is 161 Å². The number of sulfonamides is 1. The number of rotatable bonds is 8. The van der Waals surface area contributed by atoms with Crippen molar-refractivity contribution in [2.24, 2.45) is 0 Å². The fourth-order valence-corrected chi connectivity index (χ4v) is 3.25. The minimum absolute atomic E-state index is 0.278. The number of carbonyl (C=O) groups excluding carboxylic acids is 1. The third kappa shape index (κ3) is 5.80. The molecular weight excluding hydrogens is 364 g/mol. The van der Waals surface area contributed by atoms with Gasteiger partial charge < -0.3 is 10.1 Å². The first-order valence-corrected chi connectivity index (χ1v) is 10.5. The molecule has 0 aliphatic heterocycles. The molecule has 0 unspecified atom stereocenters. The van der Waals surface area contributed by atoms with Gasteiger partial charge in [0, 0.05) is 7.05 Å². The summed E-state index contributed by atoms with van der Waals surface area (Å²) in [6.45, 7) is 4.05. The lowest BCUT2D eigenvalue weighted by Crippen LogP contribution is -2.45. The van der Waals surface area contributed by atoms with E-state index in [1.165, 1.54) is 7.05 Å². The number of hydrogen-bond acceptors (Lipinski definition) is 4. The zero-order valence-corrected chi connectivity index (χ0v) is 16.9. The third-order valence-electron chi connectivity index (χ3n) is 4.22. The molecule has 146 valence electrons. The van der Waals surface area contributed by atoms with E-state index in [2.05, 4.69) is 5.32 Å². The van der Waals surface area contributed by atoms with Gasteiger partial charge in [-0.3, -0.25) is 4.79 Å². The first-order chi connectivity index (χ1) is 12.7. The van der Waals surface area contributed by atoms with E-state index in [0.717, 1.165) is 21.9 Å². The third-order valence-corrected chi connectivity index (χ3v) is 5.48. The fourth-order valence-electron chi connectivity index (χ4n) is 2.65. The molecule has 0 aliphatic carbocycles. The van der Waals surface area contributed by atoms with Gasteiger partial charge in [-0.15, -0.1) is 0 Å². The van der Waals surface area contributed by atoms with Crippen molar-refractivity contribution in [2.75, 3.05) is 19.9 Å². The summed E-state index contributed by atoms with van der Waals surface area (Å²) in [5.74, 6) is 0.362. The number of likely N-dealkylation sites (N-methyl/N-ethyl adjacent to an activating group) is 1. The van der Waals surface area contributed by atoms with E-state index in [1.807, 2.05) is 44.2 Å². The van der Waals surface area contributed by atoms with Crippen molar-refractivity contribution in [1.82, 2.24) is 9.62 Å². The molecule has 1 amide bonds. The highest BCUT2D eigenvalue weighted by atomic mass is 32.2. The Balaban J connectivity index is 2.10. The topological polar surface area (TPSA) is 75.7 Å². The number of amides is 1. The highest BCUT2D eigenvalue weighted by Gasteiger charge is 2.31. The standard InChI is InChI=1S/C20H26N2O4S/c1-15-10-8-9-13-18(15)26-14-16(2)21-20(23)19(22(3)27(4,24)25)17-11-6-5-7-12-17/h5-13,16,19H,14H2,1-4H3,(H,21,23)/t16-,19+/m1/s1. The summed E-state index contributed by atoms with van der Waals surface area (Å²) < 4.78 is 30.9. The number of benzene rings is 2. The van der Waals surface area contributed by atoms with Crippen molar-refractivity contribution >= 4 is 15.9 Å². The number of ether oxygens (including phenoxy) is 1. The minimum Gasteiger partial charge on any atom is -0.491 e. The highest BCUT2D eigenvalue weighted by Crippen LogP contribution is 2.22. The van der Waals surface area contributed by atoms with E-state index < -0.39 is 22.0 Å². The summed E-state index contributed by atoms with van der Waals surface area (Å²) >= 11 is 0. The van der Waals surface area contributed by atoms with Gasteiger partial charge in [-0.25, -0.2) is 8.42 Å². The number of nitrogens with zero attached hydrogens (tertiary/aromatic N) is 1. The van der Waals surface area contributed by atoms with Crippen LogP contribution in [0.1, 0.15) is 24.1 Å². The highest BCUT2D eigenvalue weighted by molar-refractivity contribution is 7.88. The molecule has 0 bridgehead atoms. The summed E-state index contributed by atoms with van der Waals surface area (Å²) in [6, 6.07) is 15.2. The average Bonchev–Trinajstić information content (AvgIpc) is 2.61. The van der Waals surface area contributed by atoms with E-state index in [9.17, 15) is 13.2 Å². The maximum absolute atomic E-state index is 12.8. The monoisotopic (exact) mass is 390 g/mol. The Kier molecular flexibility index (Phi) is 6.98. The van der Waals surface area contributed by atoms with E-state index in [4.69, 9.17) is 4.74 Å². The van der Waals surface area contributed by atoms with Gasteiger partial charge in [0.05, 0.1) is 12.3 Å². The Morgan fingerprint density at radius 1 is 1.11 bits per heavy atom. The lowest BCUT2D eigenvalue weighted by molar-refractivity contribution is -0.125. The van der Waals surface area contributed by atoms with Gasteiger partial charge in [-0.05, 0) is 31.0 Å². The number of hydrogen-bond donors (Lipinski definition) is 1. The summed E-state index contributed by atoms with van der Waals surface area (Å²) in [5.41, 5.74) is 1.62. The molecule has 0 aliphatic rings. The van der Waals surface area contributed by atoms with Gasteiger partial charge in [-0.1, -0.05) is 48.5 Å². The van der Waals surface area contributed by atoms with Crippen LogP contribution < -0.4 is 10.1 Å². The lowest BCUT2D eigenvalue weighted by atomic mass is 10.1. The van der Waals surface area contributed by atoms with E-state index in [-0.39, 0.29) is 12.6 Å². The maximum Gasteiger partial charge on any atom is 0.243 e. The number of carbonyl (C=O) groups is 1. The van der Waals surface area contributed by atoms with Crippen molar-refractivity contribution in [3.8, 4) is 5.75 Å². The van der Waals surface area contributed by atoms with Gasteiger partial charge in [0.1, 0.15) is 18.4 Å². The first kappa shape index (κ1) is 20.9. The summed E-state index contributed by atoms with van der Waals surface area (Å²) in [6.07, 6.45) is 1.08. The van der Waals surface area contributed by atoms with Crippen molar-refractivity contribution in [3.63, 3.8) is 0 Å². The zero-order chi connectivity index (χ0) is 20.0. The zero-order valence-electron chi connectivity index (χ0n) is 16.0.